The molecule has 1 aromatic rings. The van der Waals surface area contributed by atoms with Crippen LogP contribution in [0.4, 0.5) is 5.69 Å². The summed E-state index contributed by atoms with van der Waals surface area (Å²) in [5, 5.41) is 11.5. The number of anilines is 1. The highest BCUT2D eigenvalue weighted by molar-refractivity contribution is 5.49. The molecule has 1 saturated carbocycles. The molecule has 2 heterocycles. The average molecular weight is 284 g/mol. The molecule has 1 saturated heterocycles. The van der Waals surface area contributed by atoms with Gasteiger partial charge < -0.3 is 0 Å². The summed E-state index contributed by atoms with van der Waals surface area (Å²) in [7, 11) is 0. The lowest BCUT2D eigenvalue weighted by molar-refractivity contribution is 0.0296. The quantitative estimate of drug-likeness (QED) is 0.822. The number of benzene rings is 1. The first kappa shape index (κ1) is 13.3. The molecule has 0 aromatic heterocycles. The van der Waals surface area contributed by atoms with Gasteiger partial charge in [0.1, 0.15) is 11.7 Å². The van der Waals surface area contributed by atoms with Gasteiger partial charge in [-0.25, -0.2) is 5.01 Å². The van der Waals surface area contributed by atoms with E-state index in [1.54, 1.807) is 0 Å². The van der Waals surface area contributed by atoms with Gasteiger partial charge in [-0.15, -0.1) is 0 Å². The maximum absolute atomic E-state index is 4.67. The summed E-state index contributed by atoms with van der Waals surface area (Å²) in [5.41, 5.74) is 1.20. The average Bonchev–Trinajstić information content (AvgIpc) is 2.97. The Bertz CT molecular complexity index is 509. The minimum Gasteiger partial charge on any atom is -0.277 e. The molecule has 0 bridgehead atoms. The summed E-state index contributed by atoms with van der Waals surface area (Å²) in [4.78, 5) is 2.69. The Kier molecular flexibility index (Phi) is 3.42. The first-order valence-corrected chi connectivity index (χ1v) is 8.42. The summed E-state index contributed by atoms with van der Waals surface area (Å²) >= 11 is 0. The molecule has 0 amide bonds. The molecule has 4 nitrogen and oxygen atoms in total. The van der Waals surface area contributed by atoms with Crippen molar-refractivity contribution in [2.45, 2.75) is 56.7 Å². The van der Waals surface area contributed by atoms with Crippen LogP contribution in [0.3, 0.4) is 0 Å². The van der Waals surface area contributed by atoms with Crippen molar-refractivity contribution in [1.29, 1.82) is 0 Å². The fourth-order valence-electron chi connectivity index (χ4n) is 4.34. The third kappa shape index (κ3) is 2.08. The van der Waals surface area contributed by atoms with Gasteiger partial charge in [0.25, 0.3) is 0 Å². The van der Waals surface area contributed by atoms with E-state index in [-0.39, 0.29) is 5.66 Å². The number of para-hydroxylation sites is 1. The monoisotopic (exact) mass is 284 g/mol. The Labute approximate surface area is 126 Å². The van der Waals surface area contributed by atoms with E-state index in [4.69, 9.17) is 0 Å². The lowest BCUT2D eigenvalue weighted by Crippen LogP contribution is -2.65. The van der Waals surface area contributed by atoms with Gasteiger partial charge in [0.05, 0.1) is 5.69 Å². The molecule has 4 rings (SSSR count). The van der Waals surface area contributed by atoms with Crippen LogP contribution in [0.2, 0.25) is 0 Å². The molecular formula is C17H24N4. The van der Waals surface area contributed by atoms with Crippen LogP contribution >= 0.6 is 0 Å². The summed E-state index contributed by atoms with van der Waals surface area (Å²) in [6.45, 7) is 2.40. The maximum atomic E-state index is 4.67. The highest BCUT2D eigenvalue weighted by atomic mass is 15.7. The number of fused-ring (bicyclic) bond motifs is 1. The first-order valence-electron chi connectivity index (χ1n) is 8.42. The van der Waals surface area contributed by atoms with E-state index in [1.807, 2.05) is 0 Å². The second-order valence-electron chi connectivity index (χ2n) is 6.54. The highest BCUT2D eigenvalue weighted by Gasteiger charge is 2.54. The van der Waals surface area contributed by atoms with Gasteiger partial charge in [-0.05, 0) is 44.2 Å². The molecule has 4 heteroatoms. The molecule has 0 spiro atoms. The molecule has 0 radical (unpaired) electrons. The summed E-state index contributed by atoms with van der Waals surface area (Å²) in [5.74, 6) is 0. The lowest BCUT2D eigenvalue weighted by Gasteiger charge is -2.51. The number of hydrogen-bond donors (Lipinski definition) is 0. The van der Waals surface area contributed by atoms with E-state index in [0.717, 1.165) is 0 Å². The molecule has 21 heavy (non-hydrogen) atoms. The third-order valence-corrected chi connectivity index (χ3v) is 5.36. The van der Waals surface area contributed by atoms with Gasteiger partial charge in [-0.1, -0.05) is 36.3 Å². The van der Waals surface area contributed by atoms with Crippen LogP contribution in [0.1, 0.15) is 44.9 Å². The zero-order valence-electron chi connectivity index (χ0n) is 12.6. The van der Waals surface area contributed by atoms with Crippen molar-refractivity contribution in [3.8, 4) is 0 Å². The van der Waals surface area contributed by atoms with Crippen LogP contribution in [0.25, 0.3) is 0 Å². The van der Waals surface area contributed by atoms with Crippen molar-refractivity contribution in [3.63, 3.8) is 0 Å². The number of nitrogens with zero attached hydrogens (tertiary/aromatic N) is 4. The van der Waals surface area contributed by atoms with Crippen molar-refractivity contribution in [2.24, 2.45) is 10.3 Å². The van der Waals surface area contributed by atoms with Crippen LogP contribution < -0.4 is 5.01 Å². The van der Waals surface area contributed by atoms with E-state index >= 15 is 0 Å². The summed E-state index contributed by atoms with van der Waals surface area (Å²) in [6.07, 6.45) is 8.97. The normalized spacial score (nSPS) is 33.1. The van der Waals surface area contributed by atoms with E-state index in [2.05, 4.69) is 50.6 Å². The summed E-state index contributed by atoms with van der Waals surface area (Å²) in [6, 6.07) is 11.0. The molecule has 2 atom stereocenters. The van der Waals surface area contributed by atoms with Crippen LogP contribution in [0.5, 0.6) is 0 Å². The second-order valence-corrected chi connectivity index (χ2v) is 6.54. The predicted molar refractivity (Wildman–Crippen MR) is 84.2 cm³/mol. The largest absolute Gasteiger partial charge is 0.277 e. The van der Waals surface area contributed by atoms with Gasteiger partial charge in [0.2, 0.25) is 0 Å². The van der Waals surface area contributed by atoms with Crippen molar-refractivity contribution in [1.82, 2.24) is 4.90 Å². The predicted octanol–water partition coefficient (Wildman–Crippen LogP) is 4.00. The van der Waals surface area contributed by atoms with E-state index in [1.165, 1.54) is 63.7 Å². The van der Waals surface area contributed by atoms with E-state index in [9.17, 15) is 0 Å². The molecule has 1 aliphatic carbocycles. The SMILES string of the molecule is c1ccc(N2N=N[C@H]3CCCC[C@]32N2CCCCC2)cc1. The molecule has 112 valence electrons. The molecule has 2 aliphatic heterocycles. The van der Waals surface area contributed by atoms with Crippen LogP contribution in [0, 0.1) is 0 Å². The Morgan fingerprint density at radius 2 is 1.76 bits per heavy atom. The van der Waals surface area contributed by atoms with Crippen molar-refractivity contribution >= 4 is 5.69 Å². The summed E-state index contributed by atoms with van der Waals surface area (Å²) < 4.78 is 0. The molecule has 0 N–H and O–H groups in total. The first-order chi connectivity index (χ1) is 10.4. The zero-order chi connectivity index (χ0) is 14.1. The van der Waals surface area contributed by atoms with Gasteiger partial charge in [-0.3, -0.25) is 4.90 Å². The van der Waals surface area contributed by atoms with Crippen molar-refractivity contribution in [2.75, 3.05) is 18.1 Å². The Balaban J connectivity index is 1.73. The van der Waals surface area contributed by atoms with Gasteiger partial charge >= 0.3 is 0 Å². The molecular weight excluding hydrogens is 260 g/mol. The lowest BCUT2D eigenvalue weighted by atomic mass is 9.81. The fourth-order valence-corrected chi connectivity index (χ4v) is 4.34. The van der Waals surface area contributed by atoms with Crippen LogP contribution in [0.15, 0.2) is 40.7 Å². The molecule has 0 unspecified atom stereocenters. The number of likely N-dealkylation sites (tertiary alicyclic amines) is 1. The zero-order valence-corrected chi connectivity index (χ0v) is 12.6. The van der Waals surface area contributed by atoms with Gasteiger partial charge in [0.15, 0.2) is 0 Å². The van der Waals surface area contributed by atoms with Crippen LogP contribution in [-0.2, 0) is 0 Å². The van der Waals surface area contributed by atoms with E-state index in [0.29, 0.717) is 6.04 Å². The molecule has 2 fully saturated rings. The smallest absolute Gasteiger partial charge is 0.141 e. The Morgan fingerprint density at radius 1 is 0.952 bits per heavy atom. The van der Waals surface area contributed by atoms with Gasteiger partial charge in [-0.2, -0.15) is 5.11 Å². The van der Waals surface area contributed by atoms with E-state index < -0.39 is 0 Å². The number of rotatable bonds is 2. The molecule has 3 aliphatic rings. The van der Waals surface area contributed by atoms with Crippen LogP contribution in [-0.4, -0.2) is 29.7 Å². The Morgan fingerprint density at radius 3 is 2.57 bits per heavy atom. The van der Waals surface area contributed by atoms with Gasteiger partial charge in [0, 0.05) is 13.1 Å². The third-order valence-electron chi connectivity index (χ3n) is 5.36. The Hall–Kier alpha value is -1.42. The number of piperidine rings is 1. The topological polar surface area (TPSA) is 31.2 Å². The van der Waals surface area contributed by atoms with Crippen molar-refractivity contribution in [3.05, 3.63) is 30.3 Å². The maximum Gasteiger partial charge on any atom is 0.141 e. The minimum atomic E-state index is 0.0139. The van der Waals surface area contributed by atoms with Crippen molar-refractivity contribution < 1.29 is 0 Å². The number of hydrogen-bond acceptors (Lipinski definition) is 4. The highest BCUT2D eigenvalue weighted by Crippen LogP contribution is 2.46. The fraction of sp³-hybridized carbons (Fsp3) is 0.647. The standard InChI is InChI=1S/C17H24N4/c1-3-9-15(10-4-1)21-17(20-13-7-2-8-14-20)12-6-5-11-16(17)18-19-21/h1,3-4,9-10,16H,2,5-8,11-14H2/t16-,17+/m0/s1. The second kappa shape index (κ2) is 5.41. The minimum absolute atomic E-state index is 0.0139. The molecule has 1 aromatic carbocycles.